The molecule has 45 heavy (non-hydrogen) atoms. The zero-order valence-electron chi connectivity index (χ0n) is 24.8. The van der Waals surface area contributed by atoms with E-state index < -0.39 is 16.7 Å². The van der Waals surface area contributed by atoms with E-state index in [0.29, 0.717) is 33.9 Å². The van der Waals surface area contributed by atoms with Crippen LogP contribution in [0.3, 0.4) is 0 Å². The van der Waals surface area contributed by atoms with Crippen LogP contribution in [0.1, 0.15) is 64.3 Å². The number of ether oxygens (including phenoxy) is 1. The molecule has 0 spiro atoms. The van der Waals surface area contributed by atoms with Gasteiger partial charge in [0.15, 0.2) is 4.87 Å². The van der Waals surface area contributed by atoms with E-state index in [1.54, 1.807) is 42.6 Å². The third kappa shape index (κ3) is 5.85. The van der Waals surface area contributed by atoms with Gasteiger partial charge in [-0.1, -0.05) is 18.2 Å². The van der Waals surface area contributed by atoms with Gasteiger partial charge in [0.2, 0.25) is 5.91 Å². The minimum absolute atomic E-state index is 0.0271. The van der Waals surface area contributed by atoms with Crippen molar-refractivity contribution >= 4 is 36.2 Å². The second kappa shape index (κ2) is 12.5. The number of benzene rings is 2. The molecular weight excluding hydrogens is 595 g/mol. The highest BCUT2D eigenvalue weighted by Crippen LogP contribution is 2.40. The number of hydrogen-bond donors (Lipinski definition) is 3. The SMILES string of the molecule is CNC(c1ccc(COc2cccc3c2CN([C@]2(S)CCC(=O)NC2=O)C3=O)c(F)c1)C1CCN(c2ccc(C#N)cn2)CC1. The summed E-state index contributed by atoms with van der Waals surface area (Å²) in [5.74, 6) is -0.189. The van der Waals surface area contributed by atoms with Crippen molar-refractivity contribution in [3.05, 3.63) is 88.4 Å². The van der Waals surface area contributed by atoms with E-state index in [9.17, 15) is 14.4 Å². The summed E-state index contributed by atoms with van der Waals surface area (Å²) in [6.45, 7) is 1.67. The normalized spacial score (nSPS) is 20.9. The number of anilines is 1. The second-order valence-corrected chi connectivity index (χ2v) is 12.4. The van der Waals surface area contributed by atoms with Crippen LogP contribution in [-0.4, -0.2) is 52.6 Å². The van der Waals surface area contributed by atoms with E-state index in [0.717, 1.165) is 37.3 Å². The summed E-state index contributed by atoms with van der Waals surface area (Å²) in [5, 5.41) is 14.7. The maximum absolute atomic E-state index is 15.4. The van der Waals surface area contributed by atoms with Crippen LogP contribution >= 0.6 is 12.6 Å². The number of imide groups is 1. The molecule has 3 amide bonds. The number of nitrogens with one attached hydrogen (secondary N) is 2. The number of carbonyl (C=O) groups excluding carboxylic acids is 3. The van der Waals surface area contributed by atoms with Crippen molar-refractivity contribution in [2.45, 2.75) is 49.7 Å². The second-order valence-electron chi connectivity index (χ2n) is 11.6. The molecule has 0 aliphatic carbocycles. The zero-order valence-corrected chi connectivity index (χ0v) is 25.6. The molecule has 0 bridgehead atoms. The number of nitrogens with zero attached hydrogens (tertiary/aromatic N) is 4. The maximum Gasteiger partial charge on any atom is 0.262 e. The minimum atomic E-state index is -1.45. The van der Waals surface area contributed by atoms with Gasteiger partial charge in [-0.25, -0.2) is 9.37 Å². The molecule has 1 aromatic heterocycles. The number of aromatic nitrogens is 1. The highest BCUT2D eigenvalue weighted by atomic mass is 32.1. The molecule has 2 N–H and O–H groups in total. The van der Waals surface area contributed by atoms with E-state index in [2.05, 4.69) is 39.2 Å². The van der Waals surface area contributed by atoms with Gasteiger partial charge in [0, 0.05) is 48.4 Å². The van der Waals surface area contributed by atoms with E-state index in [-0.39, 0.29) is 43.8 Å². The molecule has 0 radical (unpaired) electrons. The average molecular weight is 629 g/mol. The van der Waals surface area contributed by atoms with Crippen molar-refractivity contribution in [3.63, 3.8) is 0 Å². The zero-order chi connectivity index (χ0) is 31.7. The standard InChI is InChI=1S/C33H33FN6O4S/c1-36-30(21-10-13-39(14-11-21)28-8-5-20(16-35)17-37-28)22-6-7-23(26(34)15-22)19-44-27-4-2-3-24-25(27)18-40(31(24)42)33(45)12-9-29(41)38-32(33)43/h2-8,15,17,21,30,36,45H,9-14,18-19H2,1H3,(H,38,41,43)/t30?,33-/m0/s1. The molecule has 3 aliphatic heterocycles. The summed E-state index contributed by atoms with van der Waals surface area (Å²) < 4.78 is 21.5. The summed E-state index contributed by atoms with van der Waals surface area (Å²) in [7, 11) is 1.89. The molecule has 1 unspecified atom stereocenters. The number of fused-ring (bicyclic) bond motifs is 1. The molecule has 10 nitrogen and oxygen atoms in total. The molecule has 2 saturated heterocycles. The lowest BCUT2D eigenvalue weighted by Crippen LogP contribution is -2.59. The Hall–Kier alpha value is -4.47. The third-order valence-electron chi connectivity index (χ3n) is 9.03. The molecule has 2 aromatic carbocycles. The van der Waals surface area contributed by atoms with Gasteiger partial charge in [-0.15, -0.1) is 12.6 Å². The van der Waals surface area contributed by atoms with E-state index in [1.807, 2.05) is 19.2 Å². The monoisotopic (exact) mass is 628 g/mol. The van der Waals surface area contributed by atoms with Crippen molar-refractivity contribution in [2.24, 2.45) is 5.92 Å². The fraction of sp³-hybridized carbons (Fsp3) is 0.364. The van der Waals surface area contributed by atoms with Crippen LogP contribution in [-0.2, 0) is 22.7 Å². The van der Waals surface area contributed by atoms with Gasteiger partial charge < -0.3 is 19.9 Å². The topological polar surface area (TPSA) is 128 Å². The first kappa shape index (κ1) is 30.6. The number of thiol groups is 1. The Kier molecular flexibility index (Phi) is 8.48. The van der Waals surface area contributed by atoms with E-state index in [4.69, 9.17) is 10.00 Å². The summed E-state index contributed by atoms with van der Waals surface area (Å²) in [4.78, 5) is 44.1. The van der Waals surface area contributed by atoms with Gasteiger partial charge in [0.05, 0.1) is 12.1 Å². The highest BCUT2D eigenvalue weighted by molar-refractivity contribution is 7.82. The molecule has 3 aromatic rings. The molecule has 2 fully saturated rings. The van der Waals surface area contributed by atoms with Crippen LogP contribution < -0.4 is 20.3 Å². The van der Waals surface area contributed by atoms with Crippen molar-refractivity contribution in [2.75, 3.05) is 25.0 Å². The van der Waals surface area contributed by atoms with Crippen LogP contribution in [0.2, 0.25) is 0 Å². The van der Waals surface area contributed by atoms with Gasteiger partial charge in [0.1, 0.15) is 30.1 Å². The molecule has 6 rings (SSSR count). The number of piperidine rings is 2. The molecule has 12 heteroatoms. The van der Waals surface area contributed by atoms with Gasteiger partial charge in [-0.05, 0) is 68.1 Å². The first-order valence-corrected chi connectivity index (χ1v) is 15.4. The lowest BCUT2D eigenvalue weighted by atomic mass is 9.85. The molecular formula is C33H33FN6O4S. The lowest BCUT2D eigenvalue weighted by Gasteiger charge is -2.38. The molecule has 4 heterocycles. The van der Waals surface area contributed by atoms with Crippen molar-refractivity contribution in [3.8, 4) is 11.8 Å². The quantitative estimate of drug-likeness (QED) is 0.254. The summed E-state index contributed by atoms with van der Waals surface area (Å²) >= 11 is 4.53. The largest absolute Gasteiger partial charge is 0.488 e. The Labute approximate surface area is 266 Å². The Morgan fingerprint density at radius 1 is 1.20 bits per heavy atom. The number of pyridine rings is 1. The molecule has 2 atom stereocenters. The summed E-state index contributed by atoms with van der Waals surface area (Å²) in [6, 6.07) is 16.0. The highest BCUT2D eigenvalue weighted by Gasteiger charge is 2.50. The summed E-state index contributed by atoms with van der Waals surface area (Å²) in [6.07, 6.45) is 3.58. The Morgan fingerprint density at radius 2 is 2.00 bits per heavy atom. The predicted octanol–water partition coefficient (Wildman–Crippen LogP) is 3.87. The number of halogens is 1. The van der Waals surface area contributed by atoms with E-state index in [1.165, 1.54) is 4.90 Å². The van der Waals surface area contributed by atoms with Crippen LogP contribution in [0.25, 0.3) is 0 Å². The minimum Gasteiger partial charge on any atom is -0.488 e. The lowest BCUT2D eigenvalue weighted by molar-refractivity contribution is -0.138. The van der Waals surface area contributed by atoms with Gasteiger partial charge in [-0.3, -0.25) is 19.7 Å². The number of hydrogen-bond acceptors (Lipinski definition) is 9. The molecule has 3 aliphatic rings. The maximum atomic E-state index is 15.4. The van der Waals surface area contributed by atoms with Crippen LogP contribution in [0.5, 0.6) is 5.75 Å². The average Bonchev–Trinajstić information content (AvgIpc) is 3.41. The Bertz CT molecular complexity index is 1690. The van der Waals surface area contributed by atoms with Gasteiger partial charge in [-0.2, -0.15) is 5.26 Å². The van der Waals surface area contributed by atoms with Crippen molar-refractivity contribution in [1.82, 2.24) is 20.5 Å². The fourth-order valence-electron chi connectivity index (χ4n) is 6.49. The molecule has 0 saturated carbocycles. The summed E-state index contributed by atoms with van der Waals surface area (Å²) in [5.41, 5.74) is 2.75. The first-order valence-electron chi connectivity index (χ1n) is 14.9. The first-order chi connectivity index (χ1) is 21.7. The number of carbonyl (C=O) groups is 3. The fourth-order valence-corrected chi connectivity index (χ4v) is 6.82. The number of rotatable bonds is 8. The Balaban J connectivity index is 1.10. The van der Waals surface area contributed by atoms with Gasteiger partial charge >= 0.3 is 0 Å². The number of nitriles is 1. The predicted molar refractivity (Wildman–Crippen MR) is 167 cm³/mol. The van der Waals surface area contributed by atoms with Crippen LogP contribution in [0, 0.1) is 23.1 Å². The Morgan fingerprint density at radius 3 is 2.67 bits per heavy atom. The third-order valence-corrected chi connectivity index (χ3v) is 9.70. The number of amides is 3. The van der Waals surface area contributed by atoms with Crippen molar-refractivity contribution in [1.29, 1.82) is 5.26 Å². The van der Waals surface area contributed by atoms with Crippen LogP contribution in [0.15, 0.2) is 54.7 Å². The van der Waals surface area contributed by atoms with Crippen LogP contribution in [0.4, 0.5) is 10.2 Å². The van der Waals surface area contributed by atoms with E-state index >= 15 is 4.39 Å². The van der Waals surface area contributed by atoms with Crippen molar-refractivity contribution < 1.29 is 23.5 Å². The molecule has 232 valence electrons. The smallest absolute Gasteiger partial charge is 0.262 e. The van der Waals surface area contributed by atoms with Gasteiger partial charge in [0.25, 0.3) is 11.8 Å².